The number of halogens is 3. The predicted molar refractivity (Wildman–Crippen MR) is 122 cm³/mol. The number of hydrogen-bond acceptors (Lipinski definition) is 5. The number of rotatable bonds is 4. The third-order valence-electron chi connectivity index (χ3n) is 6.61. The van der Waals surface area contributed by atoms with Gasteiger partial charge in [-0.2, -0.15) is 13.2 Å². The SMILES string of the molecule is O=C(c1ccc(C(F)(F)F)cc1)N1CCC(C(=O)N2CCN(c3ccc([N+](=O)[O-])cc3)CC2)CC1. The fourth-order valence-electron chi connectivity index (χ4n) is 4.54. The lowest BCUT2D eigenvalue weighted by Gasteiger charge is -2.39. The second-order valence-corrected chi connectivity index (χ2v) is 8.73. The van der Waals surface area contributed by atoms with Crippen molar-refractivity contribution in [1.29, 1.82) is 0 Å². The lowest BCUT2D eigenvalue weighted by Crippen LogP contribution is -2.52. The first-order chi connectivity index (χ1) is 16.6. The van der Waals surface area contributed by atoms with E-state index in [1.165, 1.54) is 24.3 Å². The number of carbonyl (C=O) groups is 2. The van der Waals surface area contributed by atoms with Crippen LogP contribution in [0, 0.1) is 16.0 Å². The van der Waals surface area contributed by atoms with Gasteiger partial charge in [-0.1, -0.05) is 0 Å². The van der Waals surface area contributed by atoms with E-state index in [9.17, 15) is 32.9 Å². The summed E-state index contributed by atoms with van der Waals surface area (Å²) in [6.45, 7) is 3.07. The molecule has 0 bridgehead atoms. The van der Waals surface area contributed by atoms with Gasteiger partial charge in [-0.25, -0.2) is 0 Å². The first-order valence-electron chi connectivity index (χ1n) is 11.4. The number of anilines is 1. The molecule has 11 heteroatoms. The second-order valence-electron chi connectivity index (χ2n) is 8.73. The molecule has 2 saturated heterocycles. The molecule has 4 rings (SSSR count). The summed E-state index contributed by atoms with van der Waals surface area (Å²) >= 11 is 0. The van der Waals surface area contributed by atoms with Gasteiger partial charge in [0.15, 0.2) is 0 Å². The molecule has 0 saturated carbocycles. The van der Waals surface area contributed by atoms with E-state index in [0.717, 1.165) is 17.8 Å². The minimum Gasteiger partial charge on any atom is -0.368 e. The highest BCUT2D eigenvalue weighted by atomic mass is 19.4. The Balaban J connectivity index is 1.26. The quantitative estimate of drug-likeness (QED) is 0.481. The molecule has 2 heterocycles. The van der Waals surface area contributed by atoms with Gasteiger partial charge in [0.05, 0.1) is 10.5 Å². The third kappa shape index (κ3) is 5.55. The van der Waals surface area contributed by atoms with Crippen LogP contribution in [0.2, 0.25) is 0 Å². The number of alkyl halides is 3. The molecule has 186 valence electrons. The van der Waals surface area contributed by atoms with Gasteiger partial charge in [0.1, 0.15) is 0 Å². The van der Waals surface area contributed by atoms with E-state index in [2.05, 4.69) is 4.90 Å². The number of nitro groups is 1. The van der Waals surface area contributed by atoms with E-state index in [1.807, 2.05) is 4.90 Å². The van der Waals surface area contributed by atoms with Crippen LogP contribution >= 0.6 is 0 Å². The molecular formula is C24H25F3N4O4. The zero-order chi connectivity index (χ0) is 25.2. The monoisotopic (exact) mass is 490 g/mol. The molecule has 0 unspecified atom stereocenters. The molecule has 2 aliphatic rings. The van der Waals surface area contributed by atoms with E-state index >= 15 is 0 Å². The maximum Gasteiger partial charge on any atom is 0.416 e. The molecule has 35 heavy (non-hydrogen) atoms. The van der Waals surface area contributed by atoms with Gasteiger partial charge in [0, 0.05) is 68.6 Å². The van der Waals surface area contributed by atoms with Crippen LogP contribution < -0.4 is 4.90 Å². The van der Waals surface area contributed by atoms with E-state index in [1.54, 1.807) is 17.0 Å². The highest BCUT2D eigenvalue weighted by Crippen LogP contribution is 2.30. The number of hydrogen-bond donors (Lipinski definition) is 0. The molecule has 0 aromatic heterocycles. The first-order valence-corrected chi connectivity index (χ1v) is 11.4. The number of piperidine rings is 1. The van der Waals surface area contributed by atoms with Crippen molar-refractivity contribution in [2.24, 2.45) is 5.92 Å². The number of benzene rings is 2. The number of nitro benzene ring substituents is 1. The number of likely N-dealkylation sites (tertiary alicyclic amines) is 1. The molecule has 0 N–H and O–H groups in total. The highest BCUT2D eigenvalue weighted by molar-refractivity contribution is 5.94. The average Bonchev–Trinajstić information content (AvgIpc) is 2.87. The zero-order valence-electron chi connectivity index (χ0n) is 18.9. The van der Waals surface area contributed by atoms with Crippen LogP contribution in [0.25, 0.3) is 0 Å². The summed E-state index contributed by atoms with van der Waals surface area (Å²) in [4.78, 5) is 41.6. The van der Waals surface area contributed by atoms with Crippen molar-refractivity contribution < 1.29 is 27.7 Å². The Morgan fingerprint density at radius 3 is 1.91 bits per heavy atom. The summed E-state index contributed by atoms with van der Waals surface area (Å²) in [6.07, 6.45) is -3.44. The molecule has 2 amide bonds. The van der Waals surface area contributed by atoms with Crippen molar-refractivity contribution >= 4 is 23.2 Å². The van der Waals surface area contributed by atoms with E-state index in [4.69, 9.17) is 0 Å². The Hall–Kier alpha value is -3.63. The normalized spacial score (nSPS) is 17.4. The Bertz CT molecular complexity index is 1070. The summed E-state index contributed by atoms with van der Waals surface area (Å²) in [5, 5.41) is 10.8. The van der Waals surface area contributed by atoms with Crippen molar-refractivity contribution in [1.82, 2.24) is 9.80 Å². The van der Waals surface area contributed by atoms with Gasteiger partial charge < -0.3 is 14.7 Å². The fraction of sp³-hybridized carbons (Fsp3) is 0.417. The van der Waals surface area contributed by atoms with Crippen molar-refractivity contribution in [2.75, 3.05) is 44.2 Å². The van der Waals surface area contributed by atoms with Crippen molar-refractivity contribution in [3.8, 4) is 0 Å². The number of nitrogens with zero attached hydrogens (tertiary/aromatic N) is 4. The number of non-ortho nitro benzene ring substituents is 1. The van der Waals surface area contributed by atoms with Gasteiger partial charge in [-0.05, 0) is 49.2 Å². The standard InChI is InChI=1S/C24H25F3N4O4/c25-24(26,27)19-3-1-17(2-4-19)22(32)29-11-9-18(10-12-29)23(33)30-15-13-28(14-16-30)20-5-7-21(8-6-20)31(34)35/h1-8,18H,9-16H2. The molecule has 0 radical (unpaired) electrons. The summed E-state index contributed by atoms with van der Waals surface area (Å²) in [5.74, 6) is -0.478. The van der Waals surface area contributed by atoms with Crippen molar-refractivity contribution in [3.05, 3.63) is 69.8 Å². The summed E-state index contributed by atoms with van der Waals surface area (Å²) in [5.41, 5.74) is 0.306. The maximum atomic E-state index is 13.0. The maximum absolute atomic E-state index is 13.0. The predicted octanol–water partition coefficient (Wildman–Crippen LogP) is 3.81. The Morgan fingerprint density at radius 2 is 1.40 bits per heavy atom. The Morgan fingerprint density at radius 1 is 0.829 bits per heavy atom. The number of piperazine rings is 1. The van der Waals surface area contributed by atoms with Gasteiger partial charge >= 0.3 is 6.18 Å². The van der Waals surface area contributed by atoms with Crippen LogP contribution in [0.4, 0.5) is 24.5 Å². The van der Waals surface area contributed by atoms with Crippen LogP contribution in [0.15, 0.2) is 48.5 Å². The Labute approximate surface area is 200 Å². The molecule has 8 nitrogen and oxygen atoms in total. The number of amides is 2. The zero-order valence-corrected chi connectivity index (χ0v) is 18.9. The Kier molecular flexibility index (Phi) is 6.95. The first kappa shape index (κ1) is 24.5. The molecule has 0 aliphatic carbocycles. The van der Waals surface area contributed by atoms with E-state index in [-0.39, 0.29) is 29.0 Å². The van der Waals surface area contributed by atoms with Gasteiger partial charge in [-0.3, -0.25) is 19.7 Å². The topological polar surface area (TPSA) is 87.0 Å². The highest BCUT2D eigenvalue weighted by Gasteiger charge is 2.33. The lowest BCUT2D eigenvalue weighted by molar-refractivity contribution is -0.384. The molecule has 2 aromatic rings. The lowest BCUT2D eigenvalue weighted by atomic mass is 9.94. The summed E-state index contributed by atoms with van der Waals surface area (Å²) in [6, 6.07) is 10.5. The molecule has 2 aromatic carbocycles. The average molecular weight is 490 g/mol. The summed E-state index contributed by atoms with van der Waals surface area (Å²) < 4.78 is 38.2. The van der Waals surface area contributed by atoms with Crippen LogP contribution in [0.3, 0.4) is 0 Å². The fourth-order valence-corrected chi connectivity index (χ4v) is 4.54. The molecule has 0 atom stereocenters. The van der Waals surface area contributed by atoms with Crippen molar-refractivity contribution in [3.63, 3.8) is 0 Å². The molecule has 2 aliphatic heterocycles. The summed E-state index contributed by atoms with van der Waals surface area (Å²) in [7, 11) is 0. The molecular weight excluding hydrogens is 465 g/mol. The molecule has 2 fully saturated rings. The van der Waals surface area contributed by atoms with Gasteiger partial charge in [-0.15, -0.1) is 0 Å². The van der Waals surface area contributed by atoms with Gasteiger partial charge in [0.2, 0.25) is 5.91 Å². The van der Waals surface area contributed by atoms with Crippen molar-refractivity contribution in [2.45, 2.75) is 19.0 Å². The third-order valence-corrected chi connectivity index (χ3v) is 6.61. The van der Waals surface area contributed by atoms with Crippen LogP contribution in [-0.2, 0) is 11.0 Å². The van der Waals surface area contributed by atoms with Crippen LogP contribution in [0.1, 0.15) is 28.8 Å². The minimum atomic E-state index is -4.45. The minimum absolute atomic E-state index is 0.0331. The second kappa shape index (κ2) is 9.93. The van der Waals surface area contributed by atoms with Crippen LogP contribution in [-0.4, -0.2) is 65.8 Å². The van der Waals surface area contributed by atoms with E-state index in [0.29, 0.717) is 52.1 Å². The van der Waals surface area contributed by atoms with Gasteiger partial charge in [0.25, 0.3) is 11.6 Å². The van der Waals surface area contributed by atoms with Crippen LogP contribution in [0.5, 0.6) is 0 Å². The van der Waals surface area contributed by atoms with E-state index < -0.39 is 16.7 Å². The molecule has 0 spiro atoms. The number of carbonyl (C=O) groups excluding carboxylic acids is 2. The smallest absolute Gasteiger partial charge is 0.368 e. The largest absolute Gasteiger partial charge is 0.416 e.